The molecule has 0 aliphatic heterocycles. The maximum absolute atomic E-state index is 9.81. The van der Waals surface area contributed by atoms with E-state index in [9.17, 15) is 9.59 Å². The molecule has 0 aliphatic carbocycles. The van der Waals surface area contributed by atoms with Crippen LogP contribution in [0.2, 0.25) is 0 Å². The fourth-order valence-electron chi connectivity index (χ4n) is 0.271. The SMILES string of the molecule is O=C(O)CNC(O)C(=O)O. The van der Waals surface area contributed by atoms with Crippen LogP contribution in [0.25, 0.3) is 0 Å². The van der Waals surface area contributed by atoms with Crippen LogP contribution in [0.5, 0.6) is 0 Å². The molecule has 0 radical (unpaired) electrons. The van der Waals surface area contributed by atoms with Crippen molar-refractivity contribution in [1.82, 2.24) is 5.32 Å². The molecule has 1 atom stereocenters. The quantitative estimate of drug-likeness (QED) is 0.346. The fourth-order valence-corrected chi connectivity index (χ4v) is 0.271. The Bertz CT molecular complexity index is 145. The first kappa shape index (κ1) is 8.86. The predicted octanol–water partition coefficient (Wildman–Crippen LogP) is -1.94. The Morgan fingerprint density at radius 3 is 2.20 bits per heavy atom. The average molecular weight is 149 g/mol. The molecule has 10 heavy (non-hydrogen) atoms. The van der Waals surface area contributed by atoms with Crippen LogP contribution in [0.15, 0.2) is 0 Å². The van der Waals surface area contributed by atoms with E-state index in [1.165, 1.54) is 0 Å². The van der Waals surface area contributed by atoms with Crippen LogP contribution in [0.4, 0.5) is 0 Å². The lowest BCUT2D eigenvalue weighted by Gasteiger charge is -2.03. The van der Waals surface area contributed by atoms with E-state index in [0.29, 0.717) is 0 Å². The van der Waals surface area contributed by atoms with Gasteiger partial charge in [-0.1, -0.05) is 0 Å². The van der Waals surface area contributed by atoms with Crippen molar-refractivity contribution in [3.63, 3.8) is 0 Å². The van der Waals surface area contributed by atoms with Crippen LogP contribution in [-0.4, -0.2) is 40.0 Å². The summed E-state index contributed by atoms with van der Waals surface area (Å²) >= 11 is 0. The minimum absolute atomic E-state index is 0.576. The molecule has 0 fully saturated rings. The first-order valence-corrected chi connectivity index (χ1v) is 2.40. The maximum atomic E-state index is 9.81. The number of carbonyl (C=O) groups is 2. The van der Waals surface area contributed by atoms with E-state index in [4.69, 9.17) is 15.3 Å². The Hall–Kier alpha value is -1.14. The smallest absolute Gasteiger partial charge is 0.347 e. The highest BCUT2D eigenvalue weighted by atomic mass is 16.4. The maximum Gasteiger partial charge on any atom is 0.347 e. The highest BCUT2D eigenvalue weighted by molar-refractivity contribution is 5.73. The number of aliphatic hydroxyl groups excluding tert-OH is 1. The molecule has 0 aromatic rings. The molecule has 1 unspecified atom stereocenters. The van der Waals surface area contributed by atoms with E-state index in [-0.39, 0.29) is 0 Å². The number of hydrogen-bond donors (Lipinski definition) is 4. The lowest BCUT2D eigenvalue weighted by Crippen LogP contribution is -2.39. The van der Waals surface area contributed by atoms with Crippen molar-refractivity contribution in [2.45, 2.75) is 6.23 Å². The van der Waals surface area contributed by atoms with E-state index in [0.717, 1.165) is 0 Å². The van der Waals surface area contributed by atoms with Gasteiger partial charge in [0.05, 0.1) is 6.54 Å². The van der Waals surface area contributed by atoms with E-state index in [1.54, 1.807) is 0 Å². The number of carboxylic acid groups (broad SMARTS) is 2. The molecule has 6 heteroatoms. The molecule has 0 heterocycles. The summed E-state index contributed by atoms with van der Waals surface area (Å²) < 4.78 is 0. The summed E-state index contributed by atoms with van der Waals surface area (Å²) in [6, 6.07) is 0. The molecule has 0 aromatic carbocycles. The molecule has 0 saturated carbocycles. The Morgan fingerprint density at radius 1 is 1.40 bits per heavy atom. The highest BCUT2D eigenvalue weighted by Crippen LogP contribution is 1.74. The van der Waals surface area contributed by atoms with Crippen molar-refractivity contribution in [2.75, 3.05) is 6.54 Å². The summed E-state index contributed by atoms with van der Waals surface area (Å²) in [6.45, 7) is -0.576. The third-order valence-electron chi connectivity index (χ3n) is 0.681. The Morgan fingerprint density at radius 2 is 1.90 bits per heavy atom. The normalized spacial score (nSPS) is 12.5. The summed E-state index contributed by atoms with van der Waals surface area (Å²) in [5.74, 6) is -2.72. The summed E-state index contributed by atoms with van der Waals surface area (Å²) in [7, 11) is 0. The van der Waals surface area contributed by atoms with Crippen molar-refractivity contribution < 1.29 is 24.9 Å². The second kappa shape index (κ2) is 3.80. The monoisotopic (exact) mass is 149 g/mol. The number of aliphatic carboxylic acids is 2. The van der Waals surface area contributed by atoms with Crippen molar-refractivity contribution in [3.05, 3.63) is 0 Å². The number of aliphatic hydroxyl groups is 1. The molecular formula is C4H7NO5. The highest BCUT2D eigenvalue weighted by Gasteiger charge is 2.12. The van der Waals surface area contributed by atoms with E-state index in [1.807, 2.05) is 5.32 Å². The van der Waals surface area contributed by atoms with Crippen LogP contribution in [0.1, 0.15) is 0 Å². The zero-order chi connectivity index (χ0) is 8.15. The zero-order valence-corrected chi connectivity index (χ0v) is 4.94. The first-order chi connectivity index (χ1) is 4.54. The van der Waals surface area contributed by atoms with Crippen molar-refractivity contribution >= 4 is 11.9 Å². The van der Waals surface area contributed by atoms with Crippen LogP contribution in [0.3, 0.4) is 0 Å². The van der Waals surface area contributed by atoms with Gasteiger partial charge in [0.25, 0.3) is 0 Å². The molecule has 4 N–H and O–H groups in total. The number of hydrogen-bond acceptors (Lipinski definition) is 4. The number of rotatable bonds is 4. The van der Waals surface area contributed by atoms with Gasteiger partial charge in [0.1, 0.15) is 0 Å². The molecule has 0 bridgehead atoms. The fraction of sp³-hybridized carbons (Fsp3) is 0.500. The first-order valence-electron chi connectivity index (χ1n) is 2.40. The van der Waals surface area contributed by atoms with E-state index >= 15 is 0 Å². The summed E-state index contributed by atoms with van der Waals surface area (Å²) in [4.78, 5) is 19.6. The van der Waals surface area contributed by atoms with E-state index < -0.39 is 24.7 Å². The van der Waals surface area contributed by atoms with E-state index in [2.05, 4.69) is 0 Å². The predicted molar refractivity (Wildman–Crippen MR) is 29.3 cm³/mol. The van der Waals surface area contributed by atoms with Gasteiger partial charge >= 0.3 is 11.9 Å². The summed E-state index contributed by atoms with van der Waals surface area (Å²) in [5.41, 5.74) is 0. The minimum Gasteiger partial charge on any atom is -0.480 e. The standard InChI is InChI=1S/C4H7NO5/c6-2(7)1-5-3(8)4(9)10/h3,5,8H,1H2,(H,6,7)(H,9,10). The van der Waals surface area contributed by atoms with Crippen LogP contribution < -0.4 is 5.32 Å². The zero-order valence-electron chi connectivity index (χ0n) is 4.94. The number of nitrogens with one attached hydrogen (secondary N) is 1. The van der Waals surface area contributed by atoms with Gasteiger partial charge in [0, 0.05) is 0 Å². The van der Waals surface area contributed by atoms with Crippen molar-refractivity contribution in [2.24, 2.45) is 0 Å². The molecule has 58 valence electrons. The topological polar surface area (TPSA) is 107 Å². The van der Waals surface area contributed by atoms with Gasteiger partial charge in [-0.25, -0.2) is 4.79 Å². The molecule has 0 saturated heterocycles. The Kier molecular flexibility index (Phi) is 3.37. The summed E-state index contributed by atoms with van der Waals surface area (Å²) in [5, 5.41) is 26.2. The molecule has 0 rings (SSSR count). The van der Waals surface area contributed by atoms with Crippen molar-refractivity contribution in [3.8, 4) is 0 Å². The average Bonchev–Trinajstić information content (AvgIpc) is 1.82. The lowest BCUT2D eigenvalue weighted by molar-refractivity contribution is -0.149. The molecule has 0 amide bonds. The summed E-state index contributed by atoms with van der Waals surface area (Å²) in [6.07, 6.45) is -1.81. The van der Waals surface area contributed by atoms with Gasteiger partial charge in [-0.15, -0.1) is 0 Å². The van der Waals surface area contributed by atoms with Crippen LogP contribution in [0, 0.1) is 0 Å². The molecule has 6 nitrogen and oxygen atoms in total. The second-order valence-corrected chi connectivity index (χ2v) is 1.52. The van der Waals surface area contributed by atoms with Gasteiger partial charge in [0.15, 0.2) is 0 Å². The third kappa shape index (κ3) is 3.81. The Balaban J connectivity index is 3.49. The van der Waals surface area contributed by atoms with Crippen molar-refractivity contribution in [1.29, 1.82) is 0 Å². The van der Waals surface area contributed by atoms with Gasteiger partial charge in [-0.05, 0) is 0 Å². The largest absolute Gasteiger partial charge is 0.480 e. The van der Waals surface area contributed by atoms with Crippen LogP contribution in [-0.2, 0) is 9.59 Å². The van der Waals surface area contributed by atoms with Gasteiger partial charge in [-0.3, -0.25) is 10.1 Å². The van der Waals surface area contributed by atoms with Gasteiger partial charge in [0.2, 0.25) is 6.23 Å². The Labute approximate surface area is 56.1 Å². The molecular weight excluding hydrogens is 142 g/mol. The lowest BCUT2D eigenvalue weighted by atomic mass is 10.5. The molecule has 0 spiro atoms. The van der Waals surface area contributed by atoms with Gasteiger partial charge < -0.3 is 15.3 Å². The third-order valence-corrected chi connectivity index (χ3v) is 0.681. The second-order valence-electron chi connectivity index (χ2n) is 1.52. The van der Waals surface area contributed by atoms with Crippen LogP contribution >= 0.6 is 0 Å². The van der Waals surface area contributed by atoms with Gasteiger partial charge in [-0.2, -0.15) is 0 Å². The minimum atomic E-state index is -1.81. The molecule has 0 aromatic heterocycles. The molecule has 0 aliphatic rings. The number of carboxylic acids is 2.